The molecule has 0 atom stereocenters. The molecule has 4 nitrogen and oxygen atoms in total. The Labute approximate surface area is 127 Å². The smallest absolute Gasteiger partial charge is 0.189 e. The van der Waals surface area contributed by atoms with Crippen LogP contribution < -0.4 is 0 Å². The van der Waals surface area contributed by atoms with E-state index in [1.165, 1.54) is 0 Å². The Bertz CT molecular complexity index is 900. The summed E-state index contributed by atoms with van der Waals surface area (Å²) in [7, 11) is 0. The molecule has 0 saturated heterocycles. The van der Waals surface area contributed by atoms with E-state index in [0.717, 1.165) is 12.3 Å². The van der Waals surface area contributed by atoms with Gasteiger partial charge in [0.15, 0.2) is 23.3 Å². The van der Waals surface area contributed by atoms with E-state index >= 15 is 0 Å². The summed E-state index contributed by atoms with van der Waals surface area (Å²) in [5.74, 6) is -6.99. The van der Waals surface area contributed by atoms with Crippen molar-refractivity contribution in [2.75, 3.05) is 0 Å². The van der Waals surface area contributed by atoms with E-state index in [-0.39, 0.29) is 5.69 Å². The predicted molar refractivity (Wildman–Crippen MR) is 71.3 cm³/mol. The van der Waals surface area contributed by atoms with Crippen molar-refractivity contribution < 1.29 is 17.6 Å². The van der Waals surface area contributed by atoms with Crippen molar-refractivity contribution >= 4 is 0 Å². The second kappa shape index (κ2) is 5.53. The number of hydrogen-bond acceptors (Lipinski definition) is 3. The van der Waals surface area contributed by atoms with Crippen molar-refractivity contribution in [2.45, 2.75) is 0 Å². The van der Waals surface area contributed by atoms with Gasteiger partial charge < -0.3 is 0 Å². The van der Waals surface area contributed by atoms with Crippen LogP contribution in [-0.4, -0.2) is 15.0 Å². The van der Waals surface area contributed by atoms with E-state index in [0.29, 0.717) is 10.2 Å². The van der Waals surface area contributed by atoms with E-state index in [4.69, 9.17) is 5.26 Å². The Balaban J connectivity index is 2.18. The molecule has 8 heteroatoms. The summed E-state index contributed by atoms with van der Waals surface area (Å²) in [5.41, 5.74) is -1.54. The van der Waals surface area contributed by atoms with Gasteiger partial charge in [-0.2, -0.15) is 5.26 Å². The van der Waals surface area contributed by atoms with Crippen molar-refractivity contribution in [3.63, 3.8) is 0 Å². The highest BCUT2D eigenvalue weighted by Crippen LogP contribution is 2.27. The number of aromatic nitrogens is 3. The first kappa shape index (κ1) is 14.7. The van der Waals surface area contributed by atoms with Crippen LogP contribution in [0, 0.1) is 34.6 Å². The molecule has 114 valence electrons. The molecule has 3 aromatic rings. The van der Waals surface area contributed by atoms with Crippen molar-refractivity contribution in [1.29, 1.82) is 5.26 Å². The van der Waals surface area contributed by atoms with Gasteiger partial charge in [0.25, 0.3) is 0 Å². The van der Waals surface area contributed by atoms with Crippen LogP contribution in [0.2, 0.25) is 0 Å². The van der Waals surface area contributed by atoms with Gasteiger partial charge in [-0.1, -0.05) is 35.5 Å². The quantitative estimate of drug-likeness (QED) is 0.538. The van der Waals surface area contributed by atoms with E-state index in [2.05, 4.69) is 10.3 Å². The lowest BCUT2D eigenvalue weighted by Gasteiger charge is -2.07. The van der Waals surface area contributed by atoms with Crippen molar-refractivity contribution in [2.24, 2.45) is 0 Å². The second-order valence-corrected chi connectivity index (χ2v) is 4.51. The number of nitrogens with zero attached hydrogens (tertiary/aromatic N) is 4. The van der Waals surface area contributed by atoms with Crippen LogP contribution in [-0.2, 0) is 0 Å². The summed E-state index contributed by atoms with van der Waals surface area (Å²) in [6, 6.07) is 9.64. The van der Waals surface area contributed by atoms with Gasteiger partial charge in [-0.25, -0.2) is 22.2 Å². The van der Waals surface area contributed by atoms with Crippen molar-refractivity contribution in [1.82, 2.24) is 15.0 Å². The fourth-order valence-electron chi connectivity index (χ4n) is 2.03. The molecule has 0 aliphatic heterocycles. The first-order valence-electron chi connectivity index (χ1n) is 6.28. The van der Waals surface area contributed by atoms with E-state index in [1.807, 2.05) is 0 Å². The first-order chi connectivity index (χ1) is 11.0. The molecule has 0 aliphatic rings. The Kier molecular flexibility index (Phi) is 3.54. The third-order valence-corrected chi connectivity index (χ3v) is 3.14. The molecule has 3 rings (SSSR count). The maximum Gasteiger partial charge on any atom is 0.189 e. The fraction of sp³-hybridized carbons (Fsp3) is 0. The van der Waals surface area contributed by atoms with Gasteiger partial charge >= 0.3 is 0 Å². The molecule has 0 unspecified atom stereocenters. The minimum atomic E-state index is -1.78. The number of nitriles is 1. The van der Waals surface area contributed by atoms with Crippen molar-refractivity contribution in [3.8, 4) is 23.0 Å². The highest BCUT2D eigenvalue weighted by atomic mass is 19.2. The highest BCUT2D eigenvalue weighted by molar-refractivity contribution is 5.58. The van der Waals surface area contributed by atoms with Crippen LogP contribution in [0.4, 0.5) is 17.6 Å². The van der Waals surface area contributed by atoms with Gasteiger partial charge in [0.05, 0.1) is 6.20 Å². The molecule has 1 heterocycles. The molecule has 0 saturated carbocycles. The average molecular weight is 318 g/mol. The van der Waals surface area contributed by atoms with Gasteiger partial charge in [-0.15, -0.1) is 5.10 Å². The van der Waals surface area contributed by atoms with Crippen LogP contribution >= 0.6 is 0 Å². The Morgan fingerprint density at radius 1 is 0.913 bits per heavy atom. The molecule has 0 N–H and O–H groups in total. The van der Waals surface area contributed by atoms with Crippen LogP contribution in [0.1, 0.15) is 5.56 Å². The summed E-state index contributed by atoms with van der Waals surface area (Å²) in [6.07, 6.45) is 1.13. The molecular weight excluding hydrogens is 312 g/mol. The van der Waals surface area contributed by atoms with E-state index in [1.54, 1.807) is 30.3 Å². The zero-order valence-corrected chi connectivity index (χ0v) is 11.3. The second-order valence-electron chi connectivity index (χ2n) is 4.51. The largest absolute Gasteiger partial charge is 0.214 e. The Morgan fingerprint density at radius 3 is 2.09 bits per heavy atom. The lowest BCUT2D eigenvalue weighted by Crippen LogP contribution is -2.10. The number of benzene rings is 2. The van der Waals surface area contributed by atoms with Gasteiger partial charge in [0, 0.05) is 5.56 Å². The zero-order valence-electron chi connectivity index (χ0n) is 11.3. The lowest BCUT2D eigenvalue weighted by molar-refractivity contribution is 0.439. The molecule has 23 heavy (non-hydrogen) atoms. The molecule has 0 spiro atoms. The first-order valence-corrected chi connectivity index (χ1v) is 6.28. The average Bonchev–Trinajstić information content (AvgIpc) is 3.04. The molecule has 0 radical (unpaired) electrons. The number of halogens is 4. The fourth-order valence-corrected chi connectivity index (χ4v) is 2.03. The standard InChI is InChI=1S/C15H6F4N4/c16-11-9(6-20)12(17)14(19)15(13(11)18)23-7-10(21-22-23)8-4-2-1-3-5-8/h1-5,7H. The molecule has 0 aliphatic carbocycles. The van der Waals surface area contributed by atoms with Gasteiger partial charge in [0.2, 0.25) is 0 Å². The van der Waals surface area contributed by atoms with Crippen LogP contribution in [0.15, 0.2) is 36.5 Å². The Morgan fingerprint density at radius 2 is 1.52 bits per heavy atom. The summed E-state index contributed by atoms with van der Waals surface area (Å²) >= 11 is 0. The summed E-state index contributed by atoms with van der Waals surface area (Å²) in [4.78, 5) is 0. The van der Waals surface area contributed by atoms with Crippen LogP contribution in [0.3, 0.4) is 0 Å². The predicted octanol–water partition coefficient (Wildman–Crippen LogP) is 3.36. The molecule has 0 amide bonds. The highest BCUT2D eigenvalue weighted by Gasteiger charge is 2.27. The van der Waals surface area contributed by atoms with Crippen LogP contribution in [0.5, 0.6) is 0 Å². The van der Waals surface area contributed by atoms with Gasteiger partial charge in [-0.3, -0.25) is 0 Å². The summed E-state index contributed by atoms with van der Waals surface area (Å²) in [5, 5.41) is 15.8. The van der Waals surface area contributed by atoms with E-state index < -0.39 is 34.5 Å². The molecule has 0 bridgehead atoms. The minimum Gasteiger partial charge on any atom is -0.214 e. The van der Waals surface area contributed by atoms with Crippen LogP contribution in [0.25, 0.3) is 16.9 Å². The summed E-state index contributed by atoms with van der Waals surface area (Å²) in [6.45, 7) is 0. The monoisotopic (exact) mass is 318 g/mol. The molecular formula is C15H6F4N4. The van der Waals surface area contributed by atoms with Crippen molar-refractivity contribution in [3.05, 3.63) is 65.4 Å². The third kappa shape index (κ3) is 2.32. The lowest BCUT2D eigenvalue weighted by atomic mass is 10.1. The maximum atomic E-state index is 14.0. The summed E-state index contributed by atoms with van der Waals surface area (Å²) < 4.78 is 55.8. The third-order valence-electron chi connectivity index (χ3n) is 3.14. The van der Waals surface area contributed by atoms with Gasteiger partial charge in [0.1, 0.15) is 23.0 Å². The molecule has 2 aromatic carbocycles. The normalized spacial score (nSPS) is 10.6. The number of hydrogen-bond donors (Lipinski definition) is 0. The zero-order chi connectivity index (χ0) is 16.6. The Hall–Kier alpha value is -3.21. The number of rotatable bonds is 2. The SMILES string of the molecule is N#Cc1c(F)c(F)c(-n2cc(-c3ccccc3)nn2)c(F)c1F. The minimum absolute atomic E-state index is 0.259. The molecule has 1 aromatic heterocycles. The topological polar surface area (TPSA) is 54.5 Å². The van der Waals surface area contributed by atoms with Gasteiger partial charge in [-0.05, 0) is 0 Å². The van der Waals surface area contributed by atoms with E-state index in [9.17, 15) is 17.6 Å². The maximum absolute atomic E-state index is 14.0. The molecule has 0 fully saturated rings.